The van der Waals surface area contributed by atoms with Crippen molar-refractivity contribution in [2.24, 2.45) is 5.92 Å². The van der Waals surface area contributed by atoms with Gasteiger partial charge < -0.3 is 15.1 Å². The van der Waals surface area contributed by atoms with Crippen LogP contribution in [0.3, 0.4) is 0 Å². The van der Waals surface area contributed by atoms with Gasteiger partial charge in [0.2, 0.25) is 7.60 Å². The molecule has 5 nitrogen and oxygen atoms in total. The average molecular weight is 180 g/mol. The largest absolute Gasteiger partial charge is 0.772 e. The van der Waals surface area contributed by atoms with Crippen LogP contribution in [-0.4, -0.2) is 17.1 Å². The van der Waals surface area contributed by atoms with Gasteiger partial charge in [0.05, 0.1) is 0 Å². The van der Waals surface area contributed by atoms with Crippen LogP contribution in [-0.2, 0) is 4.57 Å². The standard InChI is InChI=1S/C5H12NO4P/c1-4(2)3-6-5(7)11(8,9)10/h4H,3H2,1-2H3,(H,6,7)(H2,8,9,10)/p-1. The Morgan fingerprint density at radius 3 is 2.45 bits per heavy atom. The predicted octanol–water partition coefficient (Wildman–Crippen LogP) is -0.102. The van der Waals surface area contributed by atoms with Crippen molar-refractivity contribution in [3.8, 4) is 0 Å². The monoisotopic (exact) mass is 180 g/mol. The molecular weight excluding hydrogens is 169 g/mol. The Kier molecular flexibility index (Phi) is 3.72. The van der Waals surface area contributed by atoms with E-state index in [2.05, 4.69) is 5.32 Å². The van der Waals surface area contributed by atoms with E-state index < -0.39 is 13.2 Å². The zero-order valence-corrected chi connectivity index (χ0v) is 7.30. The summed E-state index contributed by atoms with van der Waals surface area (Å²) in [7, 11) is -4.81. The third-order valence-corrected chi connectivity index (χ3v) is 1.59. The third kappa shape index (κ3) is 4.95. The van der Waals surface area contributed by atoms with Gasteiger partial charge in [0.15, 0.2) is 0 Å². The molecule has 0 bridgehead atoms. The lowest BCUT2D eigenvalue weighted by atomic mass is 10.2. The van der Waals surface area contributed by atoms with E-state index in [0.717, 1.165) is 0 Å². The van der Waals surface area contributed by atoms with Gasteiger partial charge in [0, 0.05) is 6.54 Å². The van der Waals surface area contributed by atoms with Crippen LogP contribution in [0.1, 0.15) is 13.8 Å². The number of hydrogen-bond donors (Lipinski definition) is 2. The summed E-state index contributed by atoms with van der Waals surface area (Å²) in [6.07, 6.45) is 0. The molecule has 0 aliphatic rings. The second kappa shape index (κ2) is 3.85. The van der Waals surface area contributed by atoms with E-state index in [4.69, 9.17) is 4.89 Å². The molecule has 1 atom stereocenters. The molecule has 0 aromatic heterocycles. The Morgan fingerprint density at radius 2 is 2.18 bits per heavy atom. The van der Waals surface area contributed by atoms with Crippen molar-refractivity contribution < 1.29 is 19.1 Å². The Bertz CT molecular complexity index is 185. The molecule has 0 aliphatic carbocycles. The van der Waals surface area contributed by atoms with Crippen LogP contribution in [0.2, 0.25) is 0 Å². The Labute approximate surface area is 65.0 Å². The van der Waals surface area contributed by atoms with E-state index in [0.29, 0.717) is 0 Å². The molecule has 0 saturated carbocycles. The molecule has 0 radical (unpaired) electrons. The minimum absolute atomic E-state index is 0.158. The first-order chi connectivity index (χ1) is 4.84. The summed E-state index contributed by atoms with van der Waals surface area (Å²) in [4.78, 5) is 28.7. The van der Waals surface area contributed by atoms with Gasteiger partial charge in [0.1, 0.15) is 0 Å². The van der Waals surface area contributed by atoms with Crippen molar-refractivity contribution in [1.29, 1.82) is 0 Å². The normalized spacial score (nSPS) is 16.1. The molecule has 1 amide bonds. The Balaban J connectivity index is 3.81. The van der Waals surface area contributed by atoms with Crippen LogP contribution in [0, 0.1) is 5.92 Å². The first-order valence-corrected chi connectivity index (χ1v) is 4.74. The van der Waals surface area contributed by atoms with Crippen LogP contribution < -0.4 is 10.2 Å². The summed E-state index contributed by atoms with van der Waals surface area (Å²) >= 11 is 0. The molecule has 0 saturated heterocycles. The highest BCUT2D eigenvalue weighted by atomic mass is 31.2. The van der Waals surface area contributed by atoms with Crippen molar-refractivity contribution in [3.05, 3.63) is 0 Å². The summed E-state index contributed by atoms with van der Waals surface area (Å²) in [5.74, 6) is 0.158. The summed E-state index contributed by atoms with van der Waals surface area (Å²) < 4.78 is 10.1. The van der Waals surface area contributed by atoms with E-state index in [-0.39, 0.29) is 12.5 Å². The Morgan fingerprint density at radius 1 is 1.73 bits per heavy atom. The lowest BCUT2D eigenvalue weighted by molar-refractivity contribution is -0.188. The highest BCUT2D eigenvalue weighted by Gasteiger charge is 2.13. The minimum atomic E-state index is -4.81. The predicted molar refractivity (Wildman–Crippen MR) is 38.1 cm³/mol. The molecule has 1 unspecified atom stereocenters. The maximum Gasteiger partial charge on any atom is 0.291 e. The summed E-state index contributed by atoms with van der Waals surface area (Å²) in [6, 6.07) is 0. The molecular formula is C5H11NO4P-. The van der Waals surface area contributed by atoms with Gasteiger partial charge in [-0.15, -0.1) is 0 Å². The van der Waals surface area contributed by atoms with Crippen LogP contribution in [0.5, 0.6) is 0 Å². The zero-order valence-electron chi connectivity index (χ0n) is 6.40. The SMILES string of the molecule is CC(C)CNC(=O)P(=O)([O-])O. The van der Waals surface area contributed by atoms with Crippen molar-refractivity contribution in [2.75, 3.05) is 6.54 Å². The molecule has 11 heavy (non-hydrogen) atoms. The van der Waals surface area contributed by atoms with E-state index in [1.807, 2.05) is 13.8 Å². The number of carbonyl (C=O) groups excluding carboxylic acids is 1. The van der Waals surface area contributed by atoms with Crippen LogP contribution in [0.15, 0.2) is 0 Å². The van der Waals surface area contributed by atoms with Gasteiger partial charge in [-0.3, -0.25) is 9.36 Å². The van der Waals surface area contributed by atoms with Gasteiger partial charge >= 0.3 is 0 Å². The van der Waals surface area contributed by atoms with Gasteiger partial charge in [-0.05, 0) is 5.92 Å². The fourth-order valence-electron chi connectivity index (χ4n) is 0.391. The van der Waals surface area contributed by atoms with Crippen LogP contribution in [0.25, 0.3) is 0 Å². The first kappa shape index (κ1) is 10.6. The topological polar surface area (TPSA) is 89.5 Å². The van der Waals surface area contributed by atoms with Crippen LogP contribution in [0.4, 0.5) is 4.79 Å². The third-order valence-electron chi connectivity index (χ3n) is 0.918. The fourth-order valence-corrected chi connectivity index (χ4v) is 0.682. The Hall–Kier alpha value is -0.380. The van der Waals surface area contributed by atoms with E-state index in [9.17, 15) is 14.3 Å². The van der Waals surface area contributed by atoms with E-state index in [1.165, 1.54) is 0 Å². The lowest BCUT2D eigenvalue weighted by Crippen LogP contribution is -2.28. The van der Waals surface area contributed by atoms with Crippen molar-refractivity contribution in [2.45, 2.75) is 13.8 Å². The summed E-state index contributed by atoms with van der Waals surface area (Å²) in [5, 5.41) is 2.06. The molecule has 2 N–H and O–H groups in total. The molecule has 0 rings (SSSR count). The average Bonchev–Trinajstić information content (AvgIpc) is 1.80. The molecule has 0 aliphatic heterocycles. The first-order valence-electron chi connectivity index (χ1n) is 3.16. The smallest absolute Gasteiger partial charge is 0.291 e. The quantitative estimate of drug-likeness (QED) is 0.593. The lowest BCUT2D eigenvalue weighted by Gasteiger charge is -2.15. The van der Waals surface area contributed by atoms with Gasteiger partial charge in [-0.1, -0.05) is 13.8 Å². The molecule has 66 valence electrons. The molecule has 0 spiro atoms. The molecule has 0 aromatic rings. The molecule has 6 heteroatoms. The van der Waals surface area contributed by atoms with Crippen LogP contribution >= 0.6 is 7.60 Å². The highest BCUT2D eigenvalue weighted by Crippen LogP contribution is 2.28. The number of rotatable bonds is 3. The van der Waals surface area contributed by atoms with Gasteiger partial charge in [-0.2, -0.15) is 0 Å². The van der Waals surface area contributed by atoms with Crippen molar-refractivity contribution >= 4 is 13.2 Å². The zero-order chi connectivity index (χ0) is 9.07. The molecule has 0 fully saturated rings. The fraction of sp³-hybridized carbons (Fsp3) is 0.800. The van der Waals surface area contributed by atoms with Gasteiger partial charge in [0.25, 0.3) is 5.65 Å². The second-order valence-corrected chi connectivity index (χ2v) is 4.05. The maximum absolute atomic E-state index is 10.4. The van der Waals surface area contributed by atoms with Crippen molar-refractivity contribution in [3.63, 3.8) is 0 Å². The van der Waals surface area contributed by atoms with Gasteiger partial charge in [-0.25, -0.2) is 0 Å². The number of hydrogen-bond acceptors (Lipinski definition) is 3. The van der Waals surface area contributed by atoms with Crippen molar-refractivity contribution in [1.82, 2.24) is 5.32 Å². The minimum Gasteiger partial charge on any atom is -0.772 e. The summed E-state index contributed by atoms with van der Waals surface area (Å²) in [5.41, 5.74) is -1.31. The molecule has 0 aromatic carbocycles. The van der Waals surface area contributed by atoms with E-state index in [1.54, 1.807) is 0 Å². The molecule has 0 heterocycles. The maximum atomic E-state index is 10.4. The van der Waals surface area contributed by atoms with E-state index >= 15 is 0 Å². The number of nitrogens with one attached hydrogen (secondary N) is 1. The number of carbonyl (C=O) groups is 1. The second-order valence-electron chi connectivity index (χ2n) is 2.60. The summed E-state index contributed by atoms with van der Waals surface area (Å²) in [6.45, 7) is 3.87. The highest BCUT2D eigenvalue weighted by molar-refractivity contribution is 7.68. The number of amides is 1.